The predicted octanol–water partition coefficient (Wildman–Crippen LogP) is 2.79. The van der Waals surface area contributed by atoms with Gasteiger partial charge in [0.05, 0.1) is 31.5 Å². The lowest BCUT2D eigenvalue weighted by molar-refractivity contribution is -0.137. The van der Waals surface area contributed by atoms with Crippen LogP contribution in [0.1, 0.15) is 5.56 Å². The third kappa shape index (κ3) is 6.52. The molecular formula is C13H17ClF3NO3. The molecule has 120 valence electrons. The van der Waals surface area contributed by atoms with E-state index in [1.54, 1.807) is 0 Å². The highest BCUT2D eigenvalue weighted by Crippen LogP contribution is 2.36. The van der Waals surface area contributed by atoms with Crippen LogP contribution in [-0.4, -0.2) is 44.7 Å². The van der Waals surface area contributed by atoms with Crippen molar-refractivity contribution in [3.63, 3.8) is 0 Å². The van der Waals surface area contributed by atoms with Gasteiger partial charge in [0.1, 0.15) is 0 Å². The summed E-state index contributed by atoms with van der Waals surface area (Å²) in [5, 5.41) is 12.2. The first-order valence-electron chi connectivity index (χ1n) is 6.20. The summed E-state index contributed by atoms with van der Waals surface area (Å²) >= 11 is 5.57. The molecule has 1 rings (SSSR count). The highest BCUT2D eigenvalue weighted by molar-refractivity contribution is 6.30. The standard InChI is InChI=1S/C13H17ClF3NO3/c1-20-4-5-21-8-10(19)7-18-12-3-2-9(14)6-11(12)13(15,16)17/h2-3,6,10,18-19H,4-5,7-8H2,1H3. The lowest BCUT2D eigenvalue weighted by Gasteiger charge is -2.17. The fourth-order valence-electron chi connectivity index (χ4n) is 1.55. The molecule has 1 aromatic rings. The Morgan fingerprint density at radius 3 is 2.67 bits per heavy atom. The van der Waals surface area contributed by atoms with E-state index in [1.165, 1.54) is 19.2 Å². The maximum atomic E-state index is 12.8. The summed E-state index contributed by atoms with van der Waals surface area (Å²) in [6.45, 7) is 0.626. The number of hydrogen-bond acceptors (Lipinski definition) is 4. The molecule has 0 heterocycles. The average molecular weight is 328 g/mol. The molecule has 21 heavy (non-hydrogen) atoms. The summed E-state index contributed by atoms with van der Waals surface area (Å²) < 4.78 is 48.4. The first-order chi connectivity index (χ1) is 9.84. The summed E-state index contributed by atoms with van der Waals surface area (Å²) in [7, 11) is 1.51. The van der Waals surface area contributed by atoms with Crippen LogP contribution in [0.4, 0.5) is 18.9 Å². The summed E-state index contributed by atoms with van der Waals surface area (Å²) in [6, 6.07) is 3.41. The van der Waals surface area contributed by atoms with Gasteiger partial charge < -0.3 is 19.9 Å². The van der Waals surface area contributed by atoms with E-state index < -0.39 is 17.8 Å². The third-order valence-corrected chi connectivity index (χ3v) is 2.79. The number of aliphatic hydroxyl groups excluding tert-OH is 1. The number of methoxy groups -OCH3 is 1. The zero-order valence-electron chi connectivity index (χ0n) is 11.4. The molecule has 1 atom stereocenters. The number of hydrogen-bond donors (Lipinski definition) is 2. The van der Waals surface area contributed by atoms with Crippen LogP contribution < -0.4 is 5.32 Å². The van der Waals surface area contributed by atoms with Crippen molar-refractivity contribution >= 4 is 17.3 Å². The Morgan fingerprint density at radius 1 is 1.33 bits per heavy atom. The van der Waals surface area contributed by atoms with E-state index in [-0.39, 0.29) is 23.9 Å². The third-order valence-electron chi connectivity index (χ3n) is 2.56. The Labute approximate surface area is 125 Å². The fraction of sp³-hybridized carbons (Fsp3) is 0.538. The number of aliphatic hydroxyl groups is 1. The van der Waals surface area contributed by atoms with E-state index in [0.29, 0.717) is 13.2 Å². The van der Waals surface area contributed by atoms with Crippen molar-refractivity contribution in [3.8, 4) is 0 Å². The van der Waals surface area contributed by atoms with Crippen molar-refractivity contribution < 1.29 is 27.8 Å². The number of anilines is 1. The molecule has 0 aromatic heterocycles. The first kappa shape index (κ1) is 18.0. The normalized spacial score (nSPS) is 13.2. The van der Waals surface area contributed by atoms with Crippen molar-refractivity contribution in [2.24, 2.45) is 0 Å². The number of alkyl halides is 3. The quantitative estimate of drug-likeness (QED) is 0.721. The molecule has 0 amide bonds. The molecule has 1 aromatic carbocycles. The molecular weight excluding hydrogens is 311 g/mol. The molecule has 0 aliphatic carbocycles. The van der Waals surface area contributed by atoms with E-state index in [1.807, 2.05) is 0 Å². The Kier molecular flexibility index (Phi) is 7.24. The molecule has 0 aliphatic heterocycles. The summed E-state index contributed by atoms with van der Waals surface area (Å²) in [6.07, 6.45) is -5.45. The molecule has 0 spiro atoms. The highest BCUT2D eigenvalue weighted by Gasteiger charge is 2.33. The summed E-state index contributed by atoms with van der Waals surface area (Å²) in [4.78, 5) is 0. The van der Waals surface area contributed by atoms with Crippen LogP contribution in [0.25, 0.3) is 0 Å². The van der Waals surface area contributed by atoms with Crippen molar-refractivity contribution in [1.82, 2.24) is 0 Å². The molecule has 0 radical (unpaired) electrons. The minimum atomic E-state index is -4.52. The van der Waals surface area contributed by atoms with E-state index in [2.05, 4.69) is 5.32 Å². The average Bonchev–Trinajstić information content (AvgIpc) is 2.41. The monoisotopic (exact) mass is 327 g/mol. The number of ether oxygens (including phenoxy) is 2. The fourth-order valence-corrected chi connectivity index (χ4v) is 1.73. The predicted molar refractivity (Wildman–Crippen MR) is 73.6 cm³/mol. The van der Waals surface area contributed by atoms with Crippen molar-refractivity contribution in [2.75, 3.05) is 38.8 Å². The zero-order chi connectivity index (χ0) is 15.9. The molecule has 0 fully saturated rings. The molecule has 0 saturated heterocycles. The Balaban J connectivity index is 2.55. The minimum absolute atomic E-state index is 0.00341. The van der Waals surface area contributed by atoms with Gasteiger partial charge in [-0.2, -0.15) is 13.2 Å². The van der Waals surface area contributed by atoms with E-state index in [9.17, 15) is 18.3 Å². The second-order valence-corrected chi connectivity index (χ2v) is 4.73. The zero-order valence-corrected chi connectivity index (χ0v) is 12.2. The van der Waals surface area contributed by atoms with Crippen molar-refractivity contribution in [1.29, 1.82) is 0 Å². The van der Waals surface area contributed by atoms with Gasteiger partial charge in [-0.1, -0.05) is 11.6 Å². The van der Waals surface area contributed by atoms with Gasteiger partial charge in [0.15, 0.2) is 0 Å². The number of nitrogens with one attached hydrogen (secondary N) is 1. The molecule has 0 aliphatic rings. The highest BCUT2D eigenvalue weighted by atomic mass is 35.5. The Bertz CT molecular complexity index is 443. The number of halogens is 4. The van der Waals surface area contributed by atoms with Gasteiger partial charge in [0.25, 0.3) is 0 Å². The number of rotatable bonds is 8. The van der Waals surface area contributed by atoms with Gasteiger partial charge in [-0.3, -0.25) is 0 Å². The lowest BCUT2D eigenvalue weighted by Crippen LogP contribution is -2.26. The van der Waals surface area contributed by atoms with Gasteiger partial charge in [0.2, 0.25) is 0 Å². The topological polar surface area (TPSA) is 50.7 Å². The molecule has 8 heteroatoms. The second-order valence-electron chi connectivity index (χ2n) is 4.29. The smallest absolute Gasteiger partial charge is 0.389 e. The van der Waals surface area contributed by atoms with Crippen LogP contribution in [0, 0.1) is 0 Å². The lowest BCUT2D eigenvalue weighted by atomic mass is 10.1. The van der Waals surface area contributed by atoms with Gasteiger partial charge in [-0.15, -0.1) is 0 Å². The van der Waals surface area contributed by atoms with Crippen LogP contribution in [-0.2, 0) is 15.7 Å². The SMILES string of the molecule is COCCOCC(O)CNc1ccc(Cl)cc1C(F)(F)F. The van der Waals surface area contributed by atoms with Gasteiger partial charge >= 0.3 is 6.18 Å². The molecule has 4 nitrogen and oxygen atoms in total. The Morgan fingerprint density at radius 2 is 2.05 bits per heavy atom. The van der Waals surface area contributed by atoms with E-state index in [0.717, 1.165) is 6.07 Å². The van der Waals surface area contributed by atoms with Crippen molar-refractivity contribution in [3.05, 3.63) is 28.8 Å². The molecule has 0 bridgehead atoms. The molecule has 1 unspecified atom stereocenters. The summed E-state index contributed by atoms with van der Waals surface area (Å²) in [5.74, 6) is 0. The number of benzene rings is 1. The summed E-state index contributed by atoms with van der Waals surface area (Å²) in [5.41, 5.74) is -1.01. The van der Waals surface area contributed by atoms with Crippen LogP contribution in [0.15, 0.2) is 18.2 Å². The van der Waals surface area contributed by atoms with Crippen LogP contribution in [0.3, 0.4) is 0 Å². The maximum absolute atomic E-state index is 12.8. The van der Waals surface area contributed by atoms with Gasteiger partial charge in [-0.25, -0.2) is 0 Å². The van der Waals surface area contributed by atoms with Gasteiger partial charge in [-0.05, 0) is 18.2 Å². The molecule has 0 saturated carbocycles. The Hall–Kier alpha value is -1.02. The van der Waals surface area contributed by atoms with Gasteiger partial charge in [0, 0.05) is 24.4 Å². The van der Waals surface area contributed by atoms with Crippen LogP contribution in [0.5, 0.6) is 0 Å². The van der Waals surface area contributed by atoms with E-state index >= 15 is 0 Å². The largest absolute Gasteiger partial charge is 0.418 e. The van der Waals surface area contributed by atoms with Crippen LogP contribution in [0.2, 0.25) is 5.02 Å². The van der Waals surface area contributed by atoms with E-state index in [4.69, 9.17) is 21.1 Å². The molecule has 2 N–H and O–H groups in total. The minimum Gasteiger partial charge on any atom is -0.389 e. The second kappa shape index (κ2) is 8.43. The van der Waals surface area contributed by atoms with Crippen LogP contribution >= 0.6 is 11.6 Å². The first-order valence-corrected chi connectivity index (χ1v) is 6.57. The maximum Gasteiger partial charge on any atom is 0.418 e. The van der Waals surface area contributed by atoms with Crippen molar-refractivity contribution in [2.45, 2.75) is 12.3 Å².